The van der Waals surface area contributed by atoms with Crippen LogP contribution in [-0.4, -0.2) is 54.3 Å². The summed E-state index contributed by atoms with van der Waals surface area (Å²) in [6, 6.07) is 6.08. The molecule has 5 nitrogen and oxygen atoms in total. The van der Waals surface area contributed by atoms with Crippen LogP contribution < -0.4 is 5.32 Å². The fourth-order valence-corrected chi connectivity index (χ4v) is 2.51. The Bertz CT molecular complexity index is 519. The fourth-order valence-electron chi connectivity index (χ4n) is 2.51. The molecule has 1 heterocycles. The summed E-state index contributed by atoms with van der Waals surface area (Å²) in [7, 11) is 0. The van der Waals surface area contributed by atoms with E-state index >= 15 is 0 Å². The highest BCUT2D eigenvalue weighted by Crippen LogP contribution is 2.04. The lowest BCUT2D eigenvalue weighted by molar-refractivity contribution is -0.128. The lowest BCUT2D eigenvalue weighted by atomic mass is 10.2. The van der Waals surface area contributed by atoms with Crippen molar-refractivity contribution in [2.24, 2.45) is 0 Å². The van der Waals surface area contributed by atoms with Crippen LogP contribution in [0.4, 0.5) is 4.39 Å². The van der Waals surface area contributed by atoms with Gasteiger partial charge in [0.2, 0.25) is 11.8 Å². The molecule has 0 atom stereocenters. The average Bonchev–Trinajstić information content (AvgIpc) is 2.72. The van der Waals surface area contributed by atoms with Gasteiger partial charge in [-0.1, -0.05) is 12.1 Å². The summed E-state index contributed by atoms with van der Waals surface area (Å²) in [6.07, 6.45) is 0.880. The largest absolute Gasteiger partial charge is 0.351 e. The number of carbonyl (C=O) groups is 2. The van der Waals surface area contributed by atoms with E-state index in [4.69, 9.17) is 0 Å². The van der Waals surface area contributed by atoms with E-state index in [1.165, 1.54) is 12.1 Å². The Kier molecular flexibility index (Phi) is 5.89. The monoisotopic (exact) mass is 307 g/mol. The quantitative estimate of drug-likeness (QED) is 0.903. The molecule has 0 spiro atoms. The number of benzene rings is 1. The third kappa shape index (κ3) is 5.11. The van der Waals surface area contributed by atoms with Crippen LogP contribution in [0.5, 0.6) is 0 Å². The number of carbonyl (C=O) groups excluding carboxylic acids is 2. The Morgan fingerprint density at radius 3 is 2.55 bits per heavy atom. The van der Waals surface area contributed by atoms with Gasteiger partial charge in [0.1, 0.15) is 5.82 Å². The van der Waals surface area contributed by atoms with Gasteiger partial charge in [-0.2, -0.15) is 0 Å². The van der Waals surface area contributed by atoms with E-state index in [0.717, 1.165) is 25.1 Å². The van der Waals surface area contributed by atoms with Crippen molar-refractivity contribution in [2.75, 3.05) is 32.7 Å². The number of hydrogen-bond donors (Lipinski definition) is 1. The van der Waals surface area contributed by atoms with Crippen LogP contribution >= 0.6 is 0 Å². The normalized spacial score (nSPS) is 16.2. The van der Waals surface area contributed by atoms with Gasteiger partial charge in [0.25, 0.3) is 0 Å². The van der Waals surface area contributed by atoms with E-state index in [1.807, 2.05) is 4.90 Å². The molecule has 0 aliphatic carbocycles. The Morgan fingerprint density at radius 1 is 1.14 bits per heavy atom. The Balaban J connectivity index is 1.74. The van der Waals surface area contributed by atoms with Crippen LogP contribution in [0.15, 0.2) is 24.3 Å². The third-order valence-electron chi connectivity index (χ3n) is 3.80. The zero-order valence-electron chi connectivity index (χ0n) is 12.8. The lowest BCUT2D eigenvalue weighted by Crippen LogP contribution is -2.39. The molecule has 0 radical (unpaired) electrons. The molecule has 2 amide bonds. The molecule has 1 aliphatic rings. The first-order valence-electron chi connectivity index (χ1n) is 7.53. The molecule has 1 aromatic rings. The van der Waals surface area contributed by atoms with Crippen LogP contribution in [0.1, 0.15) is 18.9 Å². The number of hydrogen-bond acceptors (Lipinski definition) is 3. The van der Waals surface area contributed by atoms with Crippen molar-refractivity contribution >= 4 is 11.8 Å². The minimum atomic E-state index is -0.283. The smallest absolute Gasteiger partial charge is 0.234 e. The van der Waals surface area contributed by atoms with Crippen LogP contribution in [-0.2, 0) is 16.1 Å². The zero-order chi connectivity index (χ0) is 15.9. The molecule has 0 bridgehead atoms. The Morgan fingerprint density at radius 2 is 1.86 bits per heavy atom. The van der Waals surface area contributed by atoms with Crippen LogP contribution in [0.25, 0.3) is 0 Å². The van der Waals surface area contributed by atoms with Gasteiger partial charge in [0.15, 0.2) is 0 Å². The van der Waals surface area contributed by atoms with Gasteiger partial charge in [-0.25, -0.2) is 4.39 Å². The molecule has 1 aromatic carbocycles. The van der Waals surface area contributed by atoms with Gasteiger partial charge in [-0.05, 0) is 24.1 Å². The summed E-state index contributed by atoms with van der Waals surface area (Å²) >= 11 is 0. The first kappa shape index (κ1) is 16.4. The SMILES string of the molecule is CC(=O)N1CCCN(CC(=O)NCc2ccc(F)cc2)CC1. The molecule has 1 saturated heterocycles. The topological polar surface area (TPSA) is 52.7 Å². The predicted octanol–water partition coefficient (Wildman–Crippen LogP) is 0.996. The van der Waals surface area contributed by atoms with Crippen molar-refractivity contribution in [3.8, 4) is 0 Å². The number of nitrogens with zero attached hydrogens (tertiary/aromatic N) is 2. The van der Waals surface area contributed by atoms with E-state index in [1.54, 1.807) is 19.1 Å². The molecule has 1 fully saturated rings. The van der Waals surface area contributed by atoms with Crippen molar-refractivity contribution < 1.29 is 14.0 Å². The van der Waals surface area contributed by atoms with Crippen LogP contribution in [0, 0.1) is 5.82 Å². The number of amides is 2. The second-order valence-corrected chi connectivity index (χ2v) is 5.54. The predicted molar refractivity (Wildman–Crippen MR) is 81.6 cm³/mol. The first-order chi connectivity index (χ1) is 10.5. The molecule has 120 valence electrons. The van der Waals surface area contributed by atoms with Crippen molar-refractivity contribution in [3.05, 3.63) is 35.6 Å². The van der Waals surface area contributed by atoms with Gasteiger partial charge in [-0.15, -0.1) is 0 Å². The summed E-state index contributed by atoms with van der Waals surface area (Å²) in [6.45, 7) is 5.24. The maximum atomic E-state index is 12.8. The van der Waals surface area contributed by atoms with Gasteiger partial charge < -0.3 is 10.2 Å². The molecule has 1 N–H and O–H groups in total. The van der Waals surface area contributed by atoms with E-state index < -0.39 is 0 Å². The molecule has 6 heteroatoms. The van der Waals surface area contributed by atoms with E-state index in [9.17, 15) is 14.0 Å². The van der Waals surface area contributed by atoms with Gasteiger partial charge in [0.05, 0.1) is 6.54 Å². The fraction of sp³-hybridized carbons (Fsp3) is 0.500. The first-order valence-corrected chi connectivity index (χ1v) is 7.53. The van der Waals surface area contributed by atoms with E-state index in [2.05, 4.69) is 10.2 Å². The van der Waals surface area contributed by atoms with Crippen molar-refractivity contribution in [1.29, 1.82) is 0 Å². The van der Waals surface area contributed by atoms with Gasteiger partial charge in [-0.3, -0.25) is 14.5 Å². The minimum Gasteiger partial charge on any atom is -0.351 e. The molecule has 22 heavy (non-hydrogen) atoms. The zero-order valence-corrected chi connectivity index (χ0v) is 12.8. The summed E-state index contributed by atoms with van der Waals surface area (Å²) in [5.41, 5.74) is 0.869. The van der Waals surface area contributed by atoms with Crippen molar-refractivity contribution in [1.82, 2.24) is 15.1 Å². The molecule has 2 rings (SSSR count). The molecular formula is C16H22FN3O2. The standard InChI is InChI=1S/C16H22FN3O2/c1-13(21)20-8-2-7-19(9-10-20)12-16(22)18-11-14-3-5-15(17)6-4-14/h3-6H,2,7-12H2,1H3,(H,18,22). The highest BCUT2D eigenvalue weighted by molar-refractivity contribution is 5.78. The second kappa shape index (κ2) is 7.89. The average molecular weight is 307 g/mol. The lowest BCUT2D eigenvalue weighted by Gasteiger charge is -2.20. The van der Waals surface area contributed by atoms with Crippen LogP contribution in [0.2, 0.25) is 0 Å². The molecule has 0 saturated carbocycles. The Labute approximate surface area is 130 Å². The highest BCUT2D eigenvalue weighted by Gasteiger charge is 2.18. The maximum absolute atomic E-state index is 12.8. The van der Waals surface area contributed by atoms with Gasteiger partial charge in [0, 0.05) is 39.6 Å². The summed E-state index contributed by atoms with van der Waals surface area (Å²) in [4.78, 5) is 27.2. The molecule has 1 aliphatic heterocycles. The minimum absolute atomic E-state index is 0.0550. The summed E-state index contributed by atoms with van der Waals surface area (Å²) < 4.78 is 12.8. The van der Waals surface area contributed by atoms with Crippen LogP contribution in [0.3, 0.4) is 0 Å². The molecular weight excluding hydrogens is 285 g/mol. The molecule has 0 unspecified atom stereocenters. The van der Waals surface area contributed by atoms with Crippen molar-refractivity contribution in [3.63, 3.8) is 0 Å². The van der Waals surface area contributed by atoms with Crippen molar-refractivity contribution in [2.45, 2.75) is 19.9 Å². The number of halogens is 1. The number of rotatable bonds is 4. The third-order valence-corrected chi connectivity index (χ3v) is 3.80. The molecule has 0 aromatic heterocycles. The Hall–Kier alpha value is -1.95. The second-order valence-electron chi connectivity index (χ2n) is 5.54. The maximum Gasteiger partial charge on any atom is 0.234 e. The number of nitrogens with one attached hydrogen (secondary N) is 1. The summed E-state index contributed by atoms with van der Waals surface area (Å²) in [5.74, 6) is -0.252. The highest BCUT2D eigenvalue weighted by atomic mass is 19.1. The summed E-state index contributed by atoms with van der Waals surface area (Å²) in [5, 5.41) is 2.84. The van der Waals surface area contributed by atoms with Gasteiger partial charge >= 0.3 is 0 Å². The van der Waals surface area contributed by atoms with E-state index in [0.29, 0.717) is 26.2 Å². The van der Waals surface area contributed by atoms with E-state index in [-0.39, 0.29) is 17.6 Å².